The average molecular weight is 214 g/mol. The number of aryl methyl sites for hydroxylation is 1. The number of hydrogen-bond donors (Lipinski definition) is 1. The summed E-state index contributed by atoms with van der Waals surface area (Å²) >= 11 is 0. The van der Waals surface area contributed by atoms with Gasteiger partial charge in [0.2, 0.25) is 0 Å². The molecule has 0 aliphatic heterocycles. The minimum atomic E-state index is -0.573. The van der Waals surface area contributed by atoms with E-state index in [1.165, 1.54) is 12.3 Å². The normalized spacial score (nSPS) is 10.1. The third-order valence-electron chi connectivity index (χ3n) is 2.03. The third-order valence-corrected chi connectivity index (χ3v) is 2.03. The summed E-state index contributed by atoms with van der Waals surface area (Å²) in [5, 5.41) is 0. The topological polar surface area (TPSA) is 81.8 Å². The van der Waals surface area contributed by atoms with Crippen LogP contribution < -0.4 is 5.73 Å². The fraction of sp³-hybridized carbons (Fsp3) is 0.0909. The second-order valence-electron chi connectivity index (χ2n) is 3.29. The maximum Gasteiger partial charge on any atom is 0.267 e. The number of hydrogen-bond acceptors (Lipinski definition) is 4. The van der Waals surface area contributed by atoms with E-state index in [1.54, 1.807) is 6.07 Å². The lowest BCUT2D eigenvalue weighted by atomic mass is 10.3. The molecule has 2 aromatic rings. The van der Waals surface area contributed by atoms with Crippen molar-refractivity contribution in [3.05, 3.63) is 41.9 Å². The zero-order valence-electron chi connectivity index (χ0n) is 8.71. The number of pyridine rings is 1. The molecule has 0 fully saturated rings. The molecule has 0 spiro atoms. The standard InChI is InChI=1S/C11H10N4O/c1-7-3-2-4-9(14-7)11-13-6-5-8(15-11)10(12)16/h2-6H,1H3,(H2,12,16). The molecule has 16 heavy (non-hydrogen) atoms. The summed E-state index contributed by atoms with van der Waals surface area (Å²) < 4.78 is 0. The number of carbonyl (C=O) groups excluding carboxylic acids is 1. The SMILES string of the molecule is Cc1cccc(-c2nccc(C(N)=O)n2)n1. The van der Waals surface area contributed by atoms with Crippen molar-refractivity contribution in [2.75, 3.05) is 0 Å². The van der Waals surface area contributed by atoms with Crippen LogP contribution in [0.15, 0.2) is 30.5 Å². The van der Waals surface area contributed by atoms with Gasteiger partial charge in [0.15, 0.2) is 5.82 Å². The lowest BCUT2D eigenvalue weighted by molar-refractivity contribution is 0.0995. The van der Waals surface area contributed by atoms with E-state index in [4.69, 9.17) is 5.73 Å². The molecule has 0 unspecified atom stereocenters. The van der Waals surface area contributed by atoms with Gasteiger partial charge in [0.05, 0.1) is 0 Å². The van der Waals surface area contributed by atoms with Crippen molar-refractivity contribution >= 4 is 5.91 Å². The van der Waals surface area contributed by atoms with Crippen LogP contribution >= 0.6 is 0 Å². The fourth-order valence-corrected chi connectivity index (χ4v) is 1.29. The summed E-state index contributed by atoms with van der Waals surface area (Å²) in [6.07, 6.45) is 1.49. The molecule has 2 rings (SSSR count). The van der Waals surface area contributed by atoms with Crippen LogP contribution in [0.3, 0.4) is 0 Å². The highest BCUT2D eigenvalue weighted by Gasteiger charge is 2.07. The second-order valence-corrected chi connectivity index (χ2v) is 3.29. The maximum atomic E-state index is 11.0. The number of carbonyl (C=O) groups is 1. The number of nitrogens with zero attached hydrogens (tertiary/aromatic N) is 3. The molecule has 2 heterocycles. The Labute approximate surface area is 92.4 Å². The number of rotatable bonds is 2. The molecule has 1 amide bonds. The Hall–Kier alpha value is -2.30. The molecule has 2 N–H and O–H groups in total. The van der Waals surface area contributed by atoms with E-state index in [-0.39, 0.29) is 5.69 Å². The molecule has 0 atom stereocenters. The van der Waals surface area contributed by atoms with Crippen molar-refractivity contribution in [3.63, 3.8) is 0 Å². The zero-order valence-corrected chi connectivity index (χ0v) is 8.71. The highest BCUT2D eigenvalue weighted by Crippen LogP contribution is 2.11. The molecule has 0 aliphatic carbocycles. The van der Waals surface area contributed by atoms with E-state index < -0.39 is 5.91 Å². The van der Waals surface area contributed by atoms with Crippen LogP contribution in [-0.2, 0) is 0 Å². The number of primary amides is 1. The smallest absolute Gasteiger partial charge is 0.267 e. The maximum absolute atomic E-state index is 11.0. The van der Waals surface area contributed by atoms with Gasteiger partial charge in [-0.25, -0.2) is 15.0 Å². The first kappa shape index (κ1) is 10.2. The van der Waals surface area contributed by atoms with Gasteiger partial charge in [-0.05, 0) is 25.1 Å². The first-order valence-corrected chi connectivity index (χ1v) is 4.74. The summed E-state index contributed by atoms with van der Waals surface area (Å²) in [4.78, 5) is 23.3. The van der Waals surface area contributed by atoms with Crippen LogP contribution in [-0.4, -0.2) is 20.9 Å². The molecule has 0 saturated heterocycles. The monoisotopic (exact) mass is 214 g/mol. The molecule has 2 aromatic heterocycles. The van der Waals surface area contributed by atoms with Crippen molar-refractivity contribution in [3.8, 4) is 11.5 Å². The van der Waals surface area contributed by atoms with Gasteiger partial charge in [-0.2, -0.15) is 0 Å². The van der Waals surface area contributed by atoms with Crippen molar-refractivity contribution in [1.82, 2.24) is 15.0 Å². The molecule has 0 bridgehead atoms. The molecule has 5 heteroatoms. The van der Waals surface area contributed by atoms with Crippen molar-refractivity contribution in [1.29, 1.82) is 0 Å². The van der Waals surface area contributed by atoms with E-state index in [0.29, 0.717) is 11.5 Å². The molecular weight excluding hydrogens is 204 g/mol. The minimum Gasteiger partial charge on any atom is -0.364 e. The predicted molar refractivity (Wildman–Crippen MR) is 58.5 cm³/mol. The van der Waals surface area contributed by atoms with Crippen LogP contribution in [0.25, 0.3) is 11.5 Å². The Bertz CT molecular complexity index is 539. The highest BCUT2D eigenvalue weighted by molar-refractivity contribution is 5.90. The Morgan fingerprint density at radius 1 is 1.25 bits per heavy atom. The number of aromatic nitrogens is 3. The van der Waals surface area contributed by atoms with Crippen LogP contribution in [0, 0.1) is 6.92 Å². The minimum absolute atomic E-state index is 0.188. The average Bonchev–Trinajstić information content (AvgIpc) is 2.29. The van der Waals surface area contributed by atoms with E-state index in [9.17, 15) is 4.79 Å². The van der Waals surface area contributed by atoms with Gasteiger partial charge >= 0.3 is 0 Å². The molecule has 0 saturated carbocycles. The van der Waals surface area contributed by atoms with Gasteiger partial charge < -0.3 is 5.73 Å². The Morgan fingerprint density at radius 2 is 2.06 bits per heavy atom. The van der Waals surface area contributed by atoms with Crippen molar-refractivity contribution < 1.29 is 4.79 Å². The van der Waals surface area contributed by atoms with Gasteiger partial charge in [0.1, 0.15) is 11.4 Å². The summed E-state index contributed by atoms with van der Waals surface area (Å²) in [7, 11) is 0. The number of amides is 1. The molecule has 0 aromatic carbocycles. The van der Waals surface area contributed by atoms with E-state index >= 15 is 0 Å². The summed E-state index contributed by atoms with van der Waals surface area (Å²) in [6.45, 7) is 1.88. The van der Waals surface area contributed by atoms with Gasteiger partial charge in [0.25, 0.3) is 5.91 Å². The predicted octanol–water partition coefficient (Wildman–Crippen LogP) is 0.946. The highest BCUT2D eigenvalue weighted by atomic mass is 16.1. The first-order chi connectivity index (χ1) is 7.66. The van der Waals surface area contributed by atoms with Gasteiger partial charge in [0, 0.05) is 11.9 Å². The Kier molecular flexibility index (Phi) is 2.59. The van der Waals surface area contributed by atoms with Gasteiger partial charge in [-0.15, -0.1) is 0 Å². The quantitative estimate of drug-likeness (QED) is 0.806. The van der Waals surface area contributed by atoms with Crippen molar-refractivity contribution in [2.24, 2.45) is 5.73 Å². The second kappa shape index (κ2) is 4.06. The third kappa shape index (κ3) is 2.03. The van der Waals surface area contributed by atoms with E-state index in [1.807, 2.05) is 19.1 Å². The lowest BCUT2D eigenvalue weighted by Crippen LogP contribution is -2.13. The zero-order chi connectivity index (χ0) is 11.5. The molecule has 0 aliphatic rings. The molecule has 80 valence electrons. The Balaban J connectivity index is 2.48. The van der Waals surface area contributed by atoms with Crippen LogP contribution in [0.4, 0.5) is 0 Å². The molecule has 5 nitrogen and oxygen atoms in total. The van der Waals surface area contributed by atoms with E-state index in [2.05, 4.69) is 15.0 Å². The summed E-state index contributed by atoms with van der Waals surface area (Å²) in [5.74, 6) is -0.170. The van der Waals surface area contributed by atoms with Crippen LogP contribution in [0.5, 0.6) is 0 Å². The fourth-order valence-electron chi connectivity index (χ4n) is 1.29. The first-order valence-electron chi connectivity index (χ1n) is 4.74. The van der Waals surface area contributed by atoms with Gasteiger partial charge in [-0.3, -0.25) is 4.79 Å². The van der Waals surface area contributed by atoms with Crippen LogP contribution in [0.2, 0.25) is 0 Å². The Morgan fingerprint density at radius 3 is 2.75 bits per heavy atom. The molecule has 0 radical (unpaired) electrons. The molecular formula is C11H10N4O. The van der Waals surface area contributed by atoms with Gasteiger partial charge in [-0.1, -0.05) is 6.07 Å². The lowest BCUT2D eigenvalue weighted by Gasteiger charge is -2.01. The number of nitrogens with two attached hydrogens (primary N) is 1. The summed E-state index contributed by atoms with van der Waals surface area (Å²) in [5.41, 5.74) is 6.82. The van der Waals surface area contributed by atoms with Crippen LogP contribution in [0.1, 0.15) is 16.2 Å². The van der Waals surface area contributed by atoms with E-state index in [0.717, 1.165) is 5.69 Å². The van der Waals surface area contributed by atoms with Crippen molar-refractivity contribution in [2.45, 2.75) is 6.92 Å². The largest absolute Gasteiger partial charge is 0.364 e. The summed E-state index contributed by atoms with van der Waals surface area (Å²) in [6, 6.07) is 6.99.